The summed E-state index contributed by atoms with van der Waals surface area (Å²) in [7, 11) is 0. The van der Waals surface area contributed by atoms with Gasteiger partial charge in [0.1, 0.15) is 0 Å². The van der Waals surface area contributed by atoms with Gasteiger partial charge in [0.2, 0.25) is 0 Å². The second kappa shape index (κ2) is 8.79. The van der Waals surface area contributed by atoms with Crippen LogP contribution in [0.2, 0.25) is 0 Å². The summed E-state index contributed by atoms with van der Waals surface area (Å²) in [4.78, 5) is 26.9. The number of carboxylic acids is 1. The topological polar surface area (TPSA) is 72.9 Å². The second-order valence-corrected chi connectivity index (χ2v) is 5.24. The molecule has 0 aromatic heterocycles. The number of rotatable bonds is 7. The van der Waals surface area contributed by atoms with E-state index in [4.69, 9.17) is 5.11 Å². The predicted octanol–water partition coefficient (Wildman–Crippen LogP) is 1.22. The minimum absolute atomic E-state index is 0.129. The van der Waals surface area contributed by atoms with Gasteiger partial charge in [-0.05, 0) is 38.9 Å². The minimum Gasteiger partial charge on any atom is -0.481 e. The maximum atomic E-state index is 12.0. The number of hydrogen-bond acceptors (Lipinski definition) is 3. The first-order chi connectivity index (χ1) is 9.58. The number of likely N-dealkylation sites (tertiary alicyclic amines) is 1. The number of piperidine rings is 1. The van der Waals surface area contributed by atoms with Crippen molar-refractivity contribution in [1.29, 1.82) is 0 Å². The molecular formula is C14H27N3O3. The summed E-state index contributed by atoms with van der Waals surface area (Å²) in [6, 6.07) is -0.129. The normalized spacial score (nSPS) is 19.1. The van der Waals surface area contributed by atoms with Crippen molar-refractivity contribution >= 4 is 12.0 Å². The van der Waals surface area contributed by atoms with Gasteiger partial charge in [-0.1, -0.05) is 13.8 Å². The lowest BCUT2D eigenvalue weighted by molar-refractivity contribution is -0.143. The van der Waals surface area contributed by atoms with E-state index >= 15 is 0 Å². The average Bonchev–Trinajstić information content (AvgIpc) is 2.47. The highest BCUT2D eigenvalue weighted by molar-refractivity contribution is 5.76. The molecule has 1 fully saturated rings. The van der Waals surface area contributed by atoms with Gasteiger partial charge in [-0.2, -0.15) is 0 Å². The van der Waals surface area contributed by atoms with Crippen molar-refractivity contribution < 1.29 is 14.7 Å². The monoisotopic (exact) mass is 285 g/mol. The lowest BCUT2D eigenvalue weighted by atomic mass is 9.99. The first-order valence-electron chi connectivity index (χ1n) is 7.56. The summed E-state index contributed by atoms with van der Waals surface area (Å²) in [6.45, 7) is 8.91. The summed E-state index contributed by atoms with van der Waals surface area (Å²) >= 11 is 0. The fourth-order valence-corrected chi connectivity index (χ4v) is 2.51. The summed E-state index contributed by atoms with van der Waals surface area (Å²) < 4.78 is 0. The van der Waals surface area contributed by atoms with Crippen LogP contribution in [0.15, 0.2) is 0 Å². The van der Waals surface area contributed by atoms with E-state index in [9.17, 15) is 9.59 Å². The summed E-state index contributed by atoms with van der Waals surface area (Å²) in [5.41, 5.74) is 0. The maximum Gasteiger partial charge on any atom is 0.317 e. The molecule has 6 heteroatoms. The quantitative estimate of drug-likeness (QED) is 0.690. The molecule has 1 heterocycles. The van der Waals surface area contributed by atoms with Gasteiger partial charge >= 0.3 is 12.0 Å². The number of carbonyl (C=O) groups excluding carboxylic acids is 1. The third-order valence-corrected chi connectivity index (χ3v) is 3.88. The van der Waals surface area contributed by atoms with Crippen LogP contribution >= 0.6 is 0 Å². The molecular weight excluding hydrogens is 258 g/mol. The lowest BCUT2D eigenvalue weighted by Crippen LogP contribution is -2.47. The third kappa shape index (κ3) is 5.36. The van der Waals surface area contributed by atoms with Gasteiger partial charge in [0, 0.05) is 19.6 Å². The fraction of sp³-hybridized carbons (Fsp3) is 0.857. The second-order valence-electron chi connectivity index (χ2n) is 5.24. The molecule has 1 atom stereocenters. The Balaban J connectivity index is 2.23. The molecule has 0 bridgehead atoms. The molecule has 1 saturated heterocycles. The van der Waals surface area contributed by atoms with E-state index in [1.807, 2.05) is 0 Å². The van der Waals surface area contributed by atoms with Gasteiger partial charge in [-0.15, -0.1) is 0 Å². The number of carbonyl (C=O) groups is 2. The molecule has 0 aliphatic carbocycles. The zero-order valence-corrected chi connectivity index (χ0v) is 12.6. The number of nitrogens with one attached hydrogen (secondary N) is 1. The third-order valence-electron chi connectivity index (χ3n) is 3.88. The van der Waals surface area contributed by atoms with Crippen LogP contribution in [0.25, 0.3) is 0 Å². The van der Waals surface area contributed by atoms with Crippen LogP contribution in [0, 0.1) is 5.92 Å². The van der Waals surface area contributed by atoms with E-state index in [2.05, 4.69) is 24.1 Å². The number of urea groups is 1. The summed E-state index contributed by atoms with van der Waals surface area (Å²) in [5.74, 6) is -1.21. The number of amides is 2. The van der Waals surface area contributed by atoms with Crippen molar-refractivity contribution in [2.75, 3.05) is 39.3 Å². The Labute approximate surface area is 121 Å². The standard InChI is InChI=1S/C14H27N3O3/c1-3-16(4-2)9-6-8-15-14(20)17-10-5-7-12(11-17)13(18)19/h12H,3-11H2,1-2H3,(H,15,20)(H,18,19)/t12-/m1/s1. The van der Waals surface area contributed by atoms with Crippen molar-refractivity contribution in [3.05, 3.63) is 0 Å². The van der Waals surface area contributed by atoms with Crippen molar-refractivity contribution in [3.8, 4) is 0 Å². The molecule has 1 aliphatic rings. The van der Waals surface area contributed by atoms with Crippen molar-refractivity contribution in [1.82, 2.24) is 15.1 Å². The zero-order chi connectivity index (χ0) is 15.0. The summed E-state index contributed by atoms with van der Waals surface area (Å²) in [5, 5.41) is 11.9. The zero-order valence-electron chi connectivity index (χ0n) is 12.6. The molecule has 116 valence electrons. The fourth-order valence-electron chi connectivity index (χ4n) is 2.51. The molecule has 1 rings (SSSR count). The Morgan fingerprint density at radius 3 is 2.65 bits per heavy atom. The first kappa shape index (κ1) is 16.8. The lowest BCUT2D eigenvalue weighted by Gasteiger charge is -2.30. The smallest absolute Gasteiger partial charge is 0.317 e. The van der Waals surface area contributed by atoms with Gasteiger partial charge in [0.05, 0.1) is 5.92 Å². The molecule has 6 nitrogen and oxygen atoms in total. The van der Waals surface area contributed by atoms with E-state index in [-0.39, 0.29) is 6.03 Å². The Morgan fingerprint density at radius 2 is 2.05 bits per heavy atom. The summed E-state index contributed by atoms with van der Waals surface area (Å²) in [6.07, 6.45) is 2.36. The largest absolute Gasteiger partial charge is 0.481 e. The SMILES string of the molecule is CCN(CC)CCCNC(=O)N1CCC[C@@H](C(=O)O)C1. The van der Waals surface area contributed by atoms with Gasteiger partial charge in [0.25, 0.3) is 0 Å². The van der Waals surface area contributed by atoms with E-state index in [0.717, 1.165) is 32.5 Å². The number of carboxylic acid groups (broad SMARTS) is 1. The minimum atomic E-state index is -0.802. The molecule has 0 radical (unpaired) electrons. The highest BCUT2D eigenvalue weighted by atomic mass is 16.4. The molecule has 2 amide bonds. The Kier molecular flexibility index (Phi) is 7.36. The maximum absolute atomic E-state index is 12.0. The molecule has 0 aromatic rings. The van der Waals surface area contributed by atoms with Crippen LogP contribution in [0.4, 0.5) is 4.79 Å². The van der Waals surface area contributed by atoms with E-state index in [0.29, 0.717) is 26.1 Å². The van der Waals surface area contributed by atoms with Crippen LogP contribution in [0.5, 0.6) is 0 Å². The molecule has 0 unspecified atom stereocenters. The van der Waals surface area contributed by atoms with Gasteiger partial charge < -0.3 is 20.2 Å². The molecule has 2 N–H and O–H groups in total. The van der Waals surface area contributed by atoms with E-state index < -0.39 is 11.9 Å². The molecule has 1 aliphatic heterocycles. The predicted molar refractivity (Wildman–Crippen MR) is 77.7 cm³/mol. The number of hydrogen-bond donors (Lipinski definition) is 2. The van der Waals surface area contributed by atoms with Gasteiger partial charge in [-0.25, -0.2) is 4.79 Å². The van der Waals surface area contributed by atoms with Crippen molar-refractivity contribution in [2.24, 2.45) is 5.92 Å². The van der Waals surface area contributed by atoms with Crippen LogP contribution < -0.4 is 5.32 Å². The molecule has 20 heavy (non-hydrogen) atoms. The van der Waals surface area contributed by atoms with Crippen LogP contribution in [-0.2, 0) is 4.79 Å². The van der Waals surface area contributed by atoms with Crippen molar-refractivity contribution in [3.63, 3.8) is 0 Å². The van der Waals surface area contributed by atoms with Crippen LogP contribution in [0.1, 0.15) is 33.1 Å². The average molecular weight is 285 g/mol. The highest BCUT2D eigenvalue weighted by Gasteiger charge is 2.27. The van der Waals surface area contributed by atoms with Gasteiger partial charge in [-0.3, -0.25) is 4.79 Å². The molecule has 0 aromatic carbocycles. The van der Waals surface area contributed by atoms with Crippen molar-refractivity contribution in [2.45, 2.75) is 33.1 Å². The van der Waals surface area contributed by atoms with E-state index in [1.165, 1.54) is 0 Å². The van der Waals surface area contributed by atoms with E-state index in [1.54, 1.807) is 4.90 Å². The Morgan fingerprint density at radius 1 is 1.35 bits per heavy atom. The highest BCUT2D eigenvalue weighted by Crippen LogP contribution is 2.16. The molecule has 0 saturated carbocycles. The molecule has 0 spiro atoms. The van der Waals surface area contributed by atoms with Gasteiger partial charge in [0.15, 0.2) is 0 Å². The van der Waals surface area contributed by atoms with Crippen LogP contribution in [0.3, 0.4) is 0 Å². The first-order valence-corrected chi connectivity index (χ1v) is 7.56. The Bertz CT molecular complexity index is 319. The van der Waals surface area contributed by atoms with Crippen LogP contribution in [-0.4, -0.2) is 66.2 Å². The number of nitrogens with zero attached hydrogens (tertiary/aromatic N) is 2. The number of aliphatic carboxylic acids is 1. The Hall–Kier alpha value is -1.30.